The molecule has 0 saturated carbocycles. The van der Waals surface area contributed by atoms with Gasteiger partial charge in [0.15, 0.2) is 6.29 Å². The monoisotopic (exact) mass is 454 g/mol. The van der Waals surface area contributed by atoms with Crippen molar-refractivity contribution in [3.05, 3.63) is 35.9 Å². The molecule has 11 nitrogen and oxygen atoms in total. The maximum atomic E-state index is 12.0. The highest BCUT2D eigenvalue weighted by Crippen LogP contribution is 2.23. The van der Waals surface area contributed by atoms with Gasteiger partial charge in [-0.3, -0.25) is 9.59 Å². The molecule has 1 heterocycles. The Hall–Kier alpha value is -2.73. The van der Waals surface area contributed by atoms with E-state index < -0.39 is 48.6 Å². The van der Waals surface area contributed by atoms with Gasteiger partial charge in [0.05, 0.1) is 0 Å². The molecule has 1 aromatic rings. The zero-order valence-corrected chi connectivity index (χ0v) is 17.8. The number of ether oxygens (including phenoxy) is 3. The van der Waals surface area contributed by atoms with Crippen molar-refractivity contribution in [2.75, 3.05) is 13.2 Å². The quantitative estimate of drug-likeness (QED) is 0.293. The lowest BCUT2D eigenvalue weighted by atomic mass is 9.97. The molecule has 0 radical (unpaired) electrons. The van der Waals surface area contributed by atoms with E-state index in [1.807, 2.05) is 30.3 Å². The molecule has 0 bridgehead atoms. The number of hydrogen-bond donors (Lipinski definition) is 5. The van der Waals surface area contributed by atoms with E-state index in [-0.39, 0.29) is 26.2 Å². The summed E-state index contributed by atoms with van der Waals surface area (Å²) in [4.78, 5) is 34.1. The van der Waals surface area contributed by atoms with Crippen LogP contribution in [-0.4, -0.2) is 77.1 Å². The third-order valence-electron chi connectivity index (χ3n) is 4.80. The van der Waals surface area contributed by atoms with E-state index in [0.29, 0.717) is 12.8 Å². The van der Waals surface area contributed by atoms with E-state index in [0.717, 1.165) is 5.56 Å². The Morgan fingerprint density at radius 3 is 2.47 bits per heavy atom. The molecule has 1 aliphatic heterocycles. The number of alkyl carbamates (subject to hydrolysis) is 1. The summed E-state index contributed by atoms with van der Waals surface area (Å²) in [6.45, 7) is 1.25. The highest BCUT2D eigenvalue weighted by atomic mass is 16.7. The number of carboxylic acids is 1. The van der Waals surface area contributed by atoms with Gasteiger partial charge < -0.3 is 40.2 Å². The van der Waals surface area contributed by atoms with Crippen molar-refractivity contribution in [3.63, 3.8) is 0 Å². The van der Waals surface area contributed by atoms with E-state index in [1.165, 1.54) is 6.92 Å². The molecule has 32 heavy (non-hydrogen) atoms. The number of unbranched alkanes of at least 4 members (excludes halogenated alkanes) is 1. The molecule has 0 aliphatic carbocycles. The molecule has 11 heteroatoms. The number of aliphatic carboxylic acids is 1. The van der Waals surface area contributed by atoms with Crippen LogP contribution in [0, 0.1) is 0 Å². The lowest BCUT2D eigenvalue weighted by Crippen LogP contribution is -2.64. The minimum absolute atomic E-state index is 0.0140. The average molecular weight is 454 g/mol. The number of carbonyl (C=O) groups is 3. The summed E-state index contributed by atoms with van der Waals surface area (Å²) in [5.74, 6) is -1.38. The van der Waals surface area contributed by atoms with Gasteiger partial charge >= 0.3 is 12.1 Å². The SMILES string of the molecule is CC(=O)NC1C(OCCCCC(=O)O)OC(COC(=O)NCc2ccccc2)C(O)C1O. The summed E-state index contributed by atoms with van der Waals surface area (Å²) >= 11 is 0. The fourth-order valence-corrected chi connectivity index (χ4v) is 3.16. The number of aliphatic hydroxyl groups is 2. The molecule has 5 unspecified atom stereocenters. The molecule has 1 fully saturated rings. The average Bonchev–Trinajstić information content (AvgIpc) is 2.76. The molecule has 5 atom stereocenters. The summed E-state index contributed by atoms with van der Waals surface area (Å²) < 4.78 is 16.3. The van der Waals surface area contributed by atoms with Gasteiger partial charge in [0.1, 0.15) is 31.0 Å². The van der Waals surface area contributed by atoms with Crippen molar-refractivity contribution in [1.82, 2.24) is 10.6 Å². The minimum Gasteiger partial charge on any atom is -0.481 e. The number of aliphatic hydroxyl groups excluding tert-OH is 2. The van der Waals surface area contributed by atoms with Crippen molar-refractivity contribution in [1.29, 1.82) is 0 Å². The molecule has 0 aromatic heterocycles. The first kappa shape index (κ1) is 25.5. The van der Waals surface area contributed by atoms with Crippen LogP contribution in [0.5, 0.6) is 0 Å². The second kappa shape index (κ2) is 13.0. The first-order chi connectivity index (χ1) is 15.3. The predicted octanol–water partition coefficient (Wildman–Crippen LogP) is 0.136. The number of benzene rings is 1. The highest BCUT2D eigenvalue weighted by Gasteiger charge is 2.46. The Morgan fingerprint density at radius 2 is 1.81 bits per heavy atom. The maximum Gasteiger partial charge on any atom is 0.407 e. The minimum atomic E-state index is -1.44. The third kappa shape index (κ3) is 8.42. The van der Waals surface area contributed by atoms with E-state index in [4.69, 9.17) is 19.3 Å². The molecule has 5 N–H and O–H groups in total. The Morgan fingerprint density at radius 1 is 1.09 bits per heavy atom. The second-order valence-corrected chi connectivity index (χ2v) is 7.41. The number of nitrogens with one attached hydrogen (secondary N) is 2. The van der Waals surface area contributed by atoms with Gasteiger partial charge in [-0.25, -0.2) is 4.79 Å². The van der Waals surface area contributed by atoms with Crippen LogP contribution in [0.1, 0.15) is 31.7 Å². The Labute approximate surface area is 185 Å². The summed E-state index contributed by atoms with van der Waals surface area (Å²) in [5.41, 5.74) is 0.878. The molecule has 0 spiro atoms. The molecular weight excluding hydrogens is 424 g/mol. The number of carboxylic acid groups (broad SMARTS) is 1. The van der Waals surface area contributed by atoms with Gasteiger partial charge in [-0.05, 0) is 18.4 Å². The Kier molecular flexibility index (Phi) is 10.3. The van der Waals surface area contributed by atoms with E-state index in [2.05, 4.69) is 10.6 Å². The first-order valence-corrected chi connectivity index (χ1v) is 10.3. The fourth-order valence-electron chi connectivity index (χ4n) is 3.16. The lowest BCUT2D eigenvalue weighted by Gasteiger charge is -2.42. The van der Waals surface area contributed by atoms with E-state index in [1.54, 1.807) is 0 Å². The Bertz CT molecular complexity index is 746. The first-order valence-electron chi connectivity index (χ1n) is 10.3. The number of hydrogen-bond acceptors (Lipinski definition) is 8. The molecule has 2 amide bonds. The molecule has 1 saturated heterocycles. The van der Waals surface area contributed by atoms with Crippen molar-refractivity contribution in [2.24, 2.45) is 0 Å². The molecular formula is C21H30N2O9. The summed E-state index contributed by atoms with van der Waals surface area (Å²) in [6, 6.07) is 8.15. The van der Waals surface area contributed by atoms with Crippen molar-refractivity contribution in [3.8, 4) is 0 Å². The zero-order chi connectivity index (χ0) is 23.5. The largest absolute Gasteiger partial charge is 0.481 e. The Balaban J connectivity index is 1.88. The predicted molar refractivity (Wildman–Crippen MR) is 110 cm³/mol. The van der Waals surface area contributed by atoms with E-state index in [9.17, 15) is 24.6 Å². The van der Waals surface area contributed by atoms with Crippen LogP contribution in [0.2, 0.25) is 0 Å². The zero-order valence-electron chi connectivity index (χ0n) is 17.8. The normalized spacial score (nSPS) is 25.0. The van der Waals surface area contributed by atoms with Gasteiger partial charge in [-0.2, -0.15) is 0 Å². The van der Waals surface area contributed by atoms with Crippen LogP contribution in [0.15, 0.2) is 30.3 Å². The molecule has 1 aliphatic rings. The summed E-state index contributed by atoms with van der Waals surface area (Å²) in [5, 5.41) is 34.6. The number of carbonyl (C=O) groups excluding carboxylic acids is 2. The van der Waals surface area contributed by atoms with Crippen LogP contribution in [-0.2, 0) is 30.3 Å². The smallest absolute Gasteiger partial charge is 0.407 e. The topological polar surface area (TPSA) is 164 Å². The second-order valence-electron chi connectivity index (χ2n) is 7.41. The van der Waals surface area contributed by atoms with Crippen LogP contribution in [0.4, 0.5) is 4.79 Å². The van der Waals surface area contributed by atoms with Crippen LogP contribution in [0.3, 0.4) is 0 Å². The maximum absolute atomic E-state index is 12.0. The summed E-state index contributed by atoms with van der Waals surface area (Å²) in [6.07, 6.45) is -5.04. The molecule has 2 rings (SSSR count). The van der Waals surface area contributed by atoms with Gasteiger partial charge in [0.25, 0.3) is 0 Å². The van der Waals surface area contributed by atoms with Crippen LogP contribution in [0.25, 0.3) is 0 Å². The van der Waals surface area contributed by atoms with Crippen molar-refractivity contribution < 1.29 is 43.9 Å². The van der Waals surface area contributed by atoms with E-state index >= 15 is 0 Å². The van der Waals surface area contributed by atoms with Gasteiger partial charge in [-0.1, -0.05) is 30.3 Å². The summed E-state index contributed by atoms with van der Waals surface area (Å²) in [7, 11) is 0. The van der Waals surface area contributed by atoms with Gasteiger partial charge in [-0.15, -0.1) is 0 Å². The molecule has 1 aromatic carbocycles. The van der Waals surface area contributed by atoms with Gasteiger partial charge in [0.2, 0.25) is 5.91 Å². The number of rotatable bonds is 11. The van der Waals surface area contributed by atoms with Crippen LogP contribution < -0.4 is 10.6 Å². The van der Waals surface area contributed by atoms with Crippen molar-refractivity contribution in [2.45, 2.75) is 63.4 Å². The number of amides is 2. The van der Waals surface area contributed by atoms with Crippen molar-refractivity contribution >= 4 is 18.0 Å². The lowest BCUT2D eigenvalue weighted by molar-refractivity contribution is -0.270. The third-order valence-corrected chi connectivity index (χ3v) is 4.80. The highest BCUT2D eigenvalue weighted by molar-refractivity contribution is 5.73. The van der Waals surface area contributed by atoms with Crippen LogP contribution >= 0.6 is 0 Å². The fraction of sp³-hybridized carbons (Fsp3) is 0.571. The van der Waals surface area contributed by atoms with Gasteiger partial charge in [0, 0.05) is 26.5 Å². The molecule has 178 valence electrons. The standard InChI is InChI=1S/C21H30N2O9/c1-13(24)23-17-19(28)18(27)15(32-20(17)30-10-6-5-9-16(25)26)12-31-21(29)22-11-14-7-3-2-4-8-14/h2-4,7-8,15,17-20,27-28H,5-6,9-12H2,1H3,(H,22,29)(H,23,24)(H,25,26).